The number of fused-ring (bicyclic) bond motifs is 1. The minimum Gasteiger partial charge on any atom is -0.493 e. The van der Waals surface area contributed by atoms with Gasteiger partial charge in [0.2, 0.25) is 5.91 Å². The molecule has 1 aliphatic carbocycles. The van der Waals surface area contributed by atoms with Crippen molar-refractivity contribution in [2.24, 2.45) is 0 Å². The third-order valence-corrected chi connectivity index (χ3v) is 4.77. The summed E-state index contributed by atoms with van der Waals surface area (Å²) in [6.45, 7) is 3.83. The van der Waals surface area contributed by atoms with Crippen LogP contribution < -0.4 is 20.3 Å². The zero-order valence-corrected chi connectivity index (χ0v) is 16.5. The summed E-state index contributed by atoms with van der Waals surface area (Å²) in [5.74, 6) is 0.173. The first kappa shape index (κ1) is 19.7. The highest BCUT2D eigenvalue weighted by Gasteiger charge is 2.26. The number of nitrogens with one attached hydrogen (secondary N) is 2. The molecular weight excluding hydrogens is 356 g/mol. The fraction of sp³-hybridized carbons (Fsp3) is 0.364. The predicted molar refractivity (Wildman–Crippen MR) is 106 cm³/mol. The van der Waals surface area contributed by atoms with E-state index in [-0.39, 0.29) is 17.9 Å². The van der Waals surface area contributed by atoms with Gasteiger partial charge < -0.3 is 9.47 Å². The molecular formula is C22H26N2O4. The molecule has 0 bridgehead atoms. The summed E-state index contributed by atoms with van der Waals surface area (Å²) in [5.41, 5.74) is 7.68. The van der Waals surface area contributed by atoms with Gasteiger partial charge in [0.25, 0.3) is 5.91 Å². The number of carbonyl (C=O) groups excluding carboxylic acids is 2. The van der Waals surface area contributed by atoms with Crippen LogP contribution in [-0.2, 0) is 11.2 Å². The first-order chi connectivity index (χ1) is 13.5. The molecule has 1 unspecified atom stereocenters. The Hall–Kier alpha value is -3.02. The highest BCUT2D eigenvalue weighted by atomic mass is 16.5. The second kappa shape index (κ2) is 8.78. The molecule has 0 saturated carbocycles. The molecule has 3 rings (SSSR count). The summed E-state index contributed by atoms with van der Waals surface area (Å²) in [6, 6.07) is 12.9. The van der Waals surface area contributed by atoms with Crippen LogP contribution in [0.2, 0.25) is 0 Å². The van der Waals surface area contributed by atoms with Gasteiger partial charge in [0.1, 0.15) is 0 Å². The Morgan fingerprint density at radius 1 is 1.07 bits per heavy atom. The maximum atomic E-state index is 12.6. The zero-order valence-electron chi connectivity index (χ0n) is 16.5. The zero-order chi connectivity index (χ0) is 20.1. The van der Waals surface area contributed by atoms with Gasteiger partial charge in [-0.25, -0.2) is 0 Å². The normalized spacial score (nSPS) is 15.5. The van der Waals surface area contributed by atoms with E-state index in [0.29, 0.717) is 17.1 Å². The molecule has 1 atom stereocenters. The lowest BCUT2D eigenvalue weighted by Gasteiger charge is -2.24. The van der Waals surface area contributed by atoms with Crippen LogP contribution in [-0.4, -0.2) is 25.0 Å². The molecule has 0 spiro atoms. The maximum absolute atomic E-state index is 12.6. The first-order valence-electron chi connectivity index (χ1n) is 9.52. The summed E-state index contributed by atoms with van der Waals surface area (Å²) in [7, 11) is 1.52. The van der Waals surface area contributed by atoms with Gasteiger partial charge in [0.15, 0.2) is 11.5 Å². The van der Waals surface area contributed by atoms with Crippen molar-refractivity contribution in [1.29, 1.82) is 0 Å². The van der Waals surface area contributed by atoms with Gasteiger partial charge in [0.05, 0.1) is 19.1 Å². The molecule has 0 fully saturated rings. The van der Waals surface area contributed by atoms with E-state index in [1.165, 1.54) is 12.7 Å². The molecule has 2 aromatic rings. The third kappa shape index (κ3) is 4.44. The minimum atomic E-state index is -0.410. The van der Waals surface area contributed by atoms with Crippen LogP contribution in [0.4, 0.5) is 0 Å². The summed E-state index contributed by atoms with van der Waals surface area (Å²) >= 11 is 0. The Bertz CT molecular complexity index is 863. The van der Waals surface area contributed by atoms with E-state index < -0.39 is 5.91 Å². The van der Waals surface area contributed by atoms with Crippen LogP contribution in [0.5, 0.6) is 11.5 Å². The van der Waals surface area contributed by atoms with E-state index in [2.05, 4.69) is 16.9 Å². The molecule has 28 heavy (non-hydrogen) atoms. The Kier molecular flexibility index (Phi) is 6.19. The van der Waals surface area contributed by atoms with Crippen molar-refractivity contribution in [2.45, 2.75) is 45.1 Å². The quantitative estimate of drug-likeness (QED) is 0.778. The first-order valence-corrected chi connectivity index (χ1v) is 9.52. The van der Waals surface area contributed by atoms with E-state index in [9.17, 15) is 9.59 Å². The average Bonchev–Trinajstić information content (AvgIpc) is 2.71. The largest absolute Gasteiger partial charge is 0.493 e. The Morgan fingerprint density at radius 2 is 1.86 bits per heavy atom. The van der Waals surface area contributed by atoms with Crippen molar-refractivity contribution < 1.29 is 19.1 Å². The van der Waals surface area contributed by atoms with E-state index >= 15 is 0 Å². The van der Waals surface area contributed by atoms with Gasteiger partial charge in [-0.2, -0.15) is 0 Å². The van der Waals surface area contributed by atoms with Gasteiger partial charge in [-0.05, 0) is 62.4 Å². The molecule has 6 heteroatoms. The number of hydrogen-bond donors (Lipinski definition) is 2. The lowest BCUT2D eigenvalue weighted by atomic mass is 9.82. The van der Waals surface area contributed by atoms with Gasteiger partial charge in [-0.1, -0.05) is 24.3 Å². The third-order valence-electron chi connectivity index (χ3n) is 4.77. The molecule has 0 heterocycles. The number of amides is 2. The number of hydrazine groups is 1. The molecule has 6 nitrogen and oxygen atoms in total. The fourth-order valence-electron chi connectivity index (χ4n) is 3.46. The van der Waals surface area contributed by atoms with Crippen molar-refractivity contribution in [1.82, 2.24) is 10.9 Å². The Labute approximate surface area is 165 Å². The number of benzene rings is 2. The highest BCUT2D eigenvalue weighted by molar-refractivity contribution is 5.96. The van der Waals surface area contributed by atoms with E-state index in [0.717, 1.165) is 24.8 Å². The van der Waals surface area contributed by atoms with Crippen molar-refractivity contribution in [3.8, 4) is 11.5 Å². The van der Waals surface area contributed by atoms with Crippen molar-refractivity contribution in [2.75, 3.05) is 7.11 Å². The number of aryl methyl sites for hydroxylation is 1. The number of methoxy groups -OCH3 is 1. The van der Waals surface area contributed by atoms with Crippen molar-refractivity contribution >= 4 is 11.8 Å². The van der Waals surface area contributed by atoms with E-state index in [4.69, 9.17) is 9.47 Å². The van der Waals surface area contributed by atoms with Crippen LogP contribution in [0, 0.1) is 0 Å². The van der Waals surface area contributed by atoms with Gasteiger partial charge in [0, 0.05) is 5.56 Å². The SMILES string of the molecule is COc1cc(C(=O)NNC(=O)C2CCCc3ccccc32)ccc1OC(C)C. The van der Waals surface area contributed by atoms with E-state index in [1.807, 2.05) is 32.0 Å². The van der Waals surface area contributed by atoms with Crippen molar-refractivity contribution in [3.05, 3.63) is 59.2 Å². The Morgan fingerprint density at radius 3 is 2.61 bits per heavy atom. The molecule has 2 N–H and O–H groups in total. The number of ether oxygens (including phenoxy) is 2. The molecule has 2 amide bonds. The summed E-state index contributed by atoms with van der Waals surface area (Å²) in [4.78, 5) is 25.1. The fourth-order valence-corrected chi connectivity index (χ4v) is 3.46. The average molecular weight is 382 g/mol. The van der Waals surface area contributed by atoms with Crippen molar-refractivity contribution in [3.63, 3.8) is 0 Å². The van der Waals surface area contributed by atoms with Crippen LogP contribution in [0.1, 0.15) is 54.1 Å². The summed E-state index contributed by atoms with van der Waals surface area (Å²) in [6.07, 6.45) is 2.70. The topological polar surface area (TPSA) is 76.7 Å². The lowest BCUT2D eigenvalue weighted by Crippen LogP contribution is -2.44. The monoisotopic (exact) mass is 382 g/mol. The number of carbonyl (C=O) groups is 2. The van der Waals surface area contributed by atoms with Gasteiger partial charge >= 0.3 is 0 Å². The van der Waals surface area contributed by atoms with Crippen LogP contribution in [0.3, 0.4) is 0 Å². The van der Waals surface area contributed by atoms with Gasteiger partial charge in [-0.3, -0.25) is 20.4 Å². The Balaban J connectivity index is 1.65. The standard InChI is InChI=1S/C22H26N2O4/c1-14(2)28-19-12-11-16(13-20(19)27-3)21(25)23-24-22(26)18-10-6-8-15-7-4-5-9-17(15)18/h4-5,7,9,11-14,18H,6,8,10H2,1-3H3,(H,23,25)(H,24,26). The second-order valence-electron chi connectivity index (χ2n) is 7.12. The number of rotatable bonds is 5. The molecule has 0 aromatic heterocycles. The number of hydrogen-bond acceptors (Lipinski definition) is 4. The predicted octanol–water partition coefficient (Wildman–Crippen LogP) is 3.36. The second-order valence-corrected chi connectivity index (χ2v) is 7.12. The molecule has 1 aliphatic rings. The summed E-state index contributed by atoms with van der Waals surface area (Å²) in [5, 5.41) is 0. The smallest absolute Gasteiger partial charge is 0.269 e. The molecule has 148 valence electrons. The van der Waals surface area contributed by atoms with Crippen LogP contribution >= 0.6 is 0 Å². The van der Waals surface area contributed by atoms with Gasteiger partial charge in [-0.15, -0.1) is 0 Å². The molecule has 0 aliphatic heterocycles. The van der Waals surface area contributed by atoms with E-state index in [1.54, 1.807) is 18.2 Å². The molecule has 2 aromatic carbocycles. The summed E-state index contributed by atoms with van der Waals surface area (Å²) < 4.78 is 11.0. The molecule has 0 saturated heterocycles. The minimum absolute atomic E-state index is 0.00812. The van der Waals surface area contributed by atoms with Crippen LogP contribution in [0.25, 0.3) is 0 Å². The lowest BCUT2D eigenvalue weighted by molar-refractivity contribution is -0.123. The van der Waals surface area contributed by atoms with Crippen LogP contribution in [0.15, 0.2) is 42.5 Å². The molecule has 0 radical (unpaired) electrons. The maximum Gasteiger partial charge on any atom is 0.269 e. The highest BCUT2D eigenvalue weighted by Crippen LogP contribution is 2.31.